The van der Waals surface area contributed by atoms with Crippen molar-refractivity contribution in [3.05, 3.63) is 59.7 Å². The van der Waals surface area contributed by atoms with Gasteiger partial charge in [0.05, 0.1) is 12.7 Å². The summed E-state index contributed by atoms with van der Waals surface area (Å²) in [5.74, 6) is -0.0474. The van der Waals surface area contributed by atoms with E-state index in [1.807, 2.05) is 31.2 Å². The molecule has 2 aromatic rings. The highest BCUT2D eigenvalue weighted by Crippen LogP contribution is 2.12. The molecule has 2 aromatic carbocycles. The zero-order valence-corrected chi connectivity index (χ0v) is 12.5. The van der Waals surface area contributed by atoms with Gasteiger partial charge in [-0.1, -0.05) is 17.7 Å². The molecule has 0 spiro atoms. The highest BCUT2D eigenvalue weighted by atomic mass is 16.5. The molecule has 1 N–H and O–H groups in total. The van der Waals surface area contributed by atoms with Crippen LogP contribution in [0.5, 0.6) is 5.75 Å². The monoisotopic (exact) mass is 299 g/mol. The lowest BCUT2D eigenvalue weighted by Gasteiger charge is -2.08. The number of hydrogen-bond donors (Lipinski definition) is 1. The lowest BCUT2D eigenvalue weighted by atomic mass is 10.2. The van der Waals surface area contributed by atoms with Crippen LogP contribution in [0.3, 0.4) is 0 Å². The van der Waals surface area contributed by atoms with Gasteiger partial charge >= 0.3 is 5.97 Å². The van der Waals surface area contributed by atoms with Crippen molar-refractivity contribution < 1.29 is 19.1 Å². The van der Waals surface area contributed by atoms with E-state index in [1.54, 1.807) is 24.3 Å². The highest BCUT2D eigenvalue weighted by Gasteiger charge is 2.07. The minimum absolute atomic E-state index is 0.0815. The molecular formula is C17H17NO4. The molecule has 2 rings (SSSR count). The van der Waals surface area contributed by atoms with Crippen LogP contribution in [0.2, 0.25) is 0 Å². The van der Waals surface area contributed by atoms with Gasteiger partial charge in [-0.25, -0.2) is 4.79 Å². The molecule has 0 bridgehead atoms. The lowest BCUT2D eigenvalue weighted by Crippen LogP contribution is -2.20. The van der Waals surface area contributed by atoms with E-state index in [-0.39, 0.29) is 12.5 Å². The summed E-state index contributed by atoms with van der Waals surface area (Å²) in [7, 11) is 1.32. The van der Waals surface area contributed by atoms with Crippen LogP contribution in [-0.2, 0) is 9.53 Å². The fraction of sp³-hybridized carbons (Fsp3) is 0.176. The average molecular weight is 299 g/mol. The Morgan fingerprint density at radius 1 is 1.00 bits per heavy atom. The van der Waals surface area contributed by atoms with E-state index >= 15 is 0 Å². The molecule has 5 nitrogen and oxygen atoms in total. The fourth-order valence-electron chi connectivity index (χ4n) is 1.79. The summed E-state index contributed by atoms with van der Waals surface area (Å²) in [6.45, 7) is 1.90. The molecule has 5 heteroatoms. The Hall–Kier alpha value is -2.82. The van der Waals surface area contributed by atoms with Gasteiger partial charge in [-0.3, -0.25) is 4.79 Å². The van der Waals surface area contributed by atoms with Crippen molar-refractivity contribution in [1.29, 1.82) is 0 Å². The number of amides is 1. The Labute approximate surface area is 128 Å². The maximum Gasteiger partial charge on any atom is 0.337 e. The molecule has 0 aliphatic heterocycles. The number of hydrogen-bond acceptors (Lipinski definition) is 4. The minimum atomic E-state index is -0.416. The minimum Gasteiger partial charge on any atom is -0.484 e. The van der Waals surface area contributed by atoms with Crippen molar-refractivity contribution in [2.75, 3.05) is 19.0 Å². The van der Waals surface area contributed by atoms with E-state index < -0.39 is 5.97 Å². The van der Waals surface area contributed by atoms with Crippen molar-refractivity contribution in [2.24, 2.45) is 0 Å². The van der Waals surface area contributed by atoms with Crippen molar-refractivity contribution in [1.82, 2.24) is 0 Å². The summed E-state index contributed by atoms with van der Waals surface area (Å²) in [4.78, 5) is 23.1. The second-order valence-corrected chi connectivity index (χ2v) is 4.72. The van der Waals surface area contributed by atoms with Crippen LogP contribution in [0.4, 0.5) is 5.69 Å². The third-order valence-corrected chi connectivity index (χ3v) is 2.98. The first-order valence-corrected chi connectivity index (χ1v) is 6.76. The molecule has 0 saturated carbocycles. The number of ether oxygens (including phenoxy) is 2. The first-order chi connectivity index (χ1) is 10.6. The SMILES string of the molecule is COC(=O)c1ccc(NC(=O)COc2ccc(C)cc2)cc1. The van der Waals surface area contributed by atoms with Crippen LogP contribution >= 0.6 is 0 Å². The smallest absolute Gasteiger partial charge is 0.337 e. The topological polar surface area (TPSA) is 64.6 Å². The Balaban J connectivity index is 1.86. The summed E-state index contributed by atoms with van der Waals surface area (Å²) < 4.78 is 10.00. The maximum absolute atomic E-state index is 11.8. The summed E-state index contributed by atoms with van der Waals surface area (Å²) in [6.07, 6.45) is 0. The predicted octanol–water partition coefficient (Wildman–Crippen LogP) is 2.80. The molecule has 0 saturated heterocycles. The van der Waals surface area contributed by atoms with E-state index in [1.165, 1.54) is 7.11 Å². The number of carbonyl (C=O) groups is 2. The zero-order valence-electron chi connectivity index (χ0n) is 12.5. The molecule has 0 unspecified atom stereocenters. The molecule has 1 amide bonds. The van der Waals surface area contributed by atoms with Crippen LogP contribution in [0.25, 0.3) is 0 Å². The zero-order chi connectivity index (χ0) is 15.9. The van der Waals surface area contributed by atoms with Crippen molar-refractivity contribution >= 4 is 17.6 Å². The molecule has 0 heterocycles. The van der Waals surface area contributed by atoms with Crippen molar-refractivity contribution in [3.63, 3.8) is 0 Å². The summed E-state index contributed by atoms with van der Waals surface area (Å²) in [5.41, 5.74) is 2.14. The second-order valence-electron chi connectivity index (χ2n) is 4.72. The van der Waals surface area contributed by atoms with Gasteiger partial charge < -0.3 is 14.8 Å². The third-order valence-electron chi connectivity index (χ3n) is 2.98. The number of aryl methyl sites for hydroxylation is 1. The number of nitrogens with one attached hydrogen (secondary N) is 1. The number of esters is 1. The first-order valence-electron chi connectivity index (χ1n) is 6.76. The summed E-state index contributed by atoms with van der Waals surface area (Å²) in [6, 6.07) is 13.9. The fourth-order valence-corrected chi connectivity index (χ4v) is 1.79. The molecule has 0 fully saturated rings. The van der Waals surface area contributed by atoms with Crippen LogP contribution in [0.1, 0.15) is 15.9 Å². The highest BCUT2D eigenvalue weighted by molar-refractivity contribution is 5.93. The average Bonchev–Trinajstić information content (AvgIpc) is 2.54. The van der Waals surface area contributed by atoms with E-state index in [2.05, 4.69) is 10.1 Å². The molecule has 22 heavy (non-hydrogen) atoms. The van der Waals surface area contributed by atoms with Crippen LogP contribution in [-0.4, -0.2) is 25.6 Å². The van der Waals surface area contributed by atoms with Gasteiger partial charge in [0.1, 0.15) is 5.75 Å². The molecule has 0 aliphatic carbocycles. The van der Waals surface area contributed by atoms with Gasteiger partial charge in [0.15, 0.2) is 6.61 Å². The van der Waals surface area contributed by atoms with Gasteiger partial charge in [-0.15, -0.1) is 0 Å². The van der Waals surface area contributed by atoms with Gasteiger partial charge in [0.25, 0.3) is 5.91 Å². The Kier molecular flexibility index (Phi) is 5.14. The molecule has 0 atom stereocenters. The molecule has 0 aliphatic rings. The van der Waals surface area contributed by atoms with Gasteiger partial charge in [0, 0.05) is 5.69 Å². The van der Waals surface area contributed by atoms with E-state index in [0.717, 1.165) is 5.56 Å². The van der Waals surface area contributed by atoms with Gasteiger partial charge in [-0.05, 0) is 43.3 Å². The Morgan fingerprint density at radius 2 is 1.64 bits per heavy atom. The number of carbonyl (C=O) groups excluding carboxylic acids is 2. The number of benzene rings is 2. The van der Waals surface area contributed by atoms with Crippen LogP contribution < -0.4 is 10.1 Å². The normalized spacial score (nSPS) is 9.91. The van der Waals surface area contributed by atoms with Crippen molar-refractivity contribution in [2.45, 2.75) is 6.92 Å². The number of rotatable bonds is 5. The van der Waals surface area contributed by atoms with E-state index in [4.69, 9.17) is 4.74 Å². The molecular weight excluding hydrogens is 282 g/mol. The third kappa shape index (κ3) is 4.34. The largest absolute Gasteiger partial charge is 0.484 e. The predicted molar refractivity (Wildman–Crippen MR) is 83.1 cm³/mol. The number of methoxy groups -OCH3 is 1. The molecule has 0 aromatic heterocycles. The molecule has 114 valence electrons. The Morgan fingerprint density at radius 3 is 2.23 bits per heavy atom. The summed E-state index contributed by atoms with van der Waals surface area (Å²) >= 11 is 0. The van der Waals surface area contributed by atoms with Crippen molar-refractivity contribution in [3.8, 4) is 5.75 Å². The van der Waals surface area contributed by atoms with Crippen LogP contribution in [0, 0.1) is 6.92 Å². The van der Waals surface area contributed by atoms with Crippen LogP contribution in [0.15, 0.2) is 48.5 Å². The van der Waals surface area contributed by atoms with Gasteiger partial charge in [0.2, 0.25) is 0 Å². The quantitative estimate of drug-likeness (QED) is 0.862. The standard InChI is InChI=1S/C17H17NO4/c1-12-3-9-15(10-4-12)22-11-16(19)18-14-7-5-13(6-8-14)17(20)21-2/h3-10H,11H2,1-2H3,(H,18,19). The maximum atomic E-state index is 11.8. The van der Waals surface area contributed by atoms with E-state index in [0.29, 0.717) is 17.0 Å². The summed E-state index contributed by atoms with van der Waals surface area (Å²) in [5, 5.41) is 2.69. The van der Waals surface area contributed by atoms with E-state index in [9.17, 15) is 9.59 Å². The first kappa shape index (κ1) is 15.6. The Bertz CT molecular complexity index is 647. The number of anilines is 1. The molecule has 0 radical (unpaired) electrons. The van der Waals surface area contributed by atoms with Gasteiger partial charge in [-0.2, -0.15) is 0 Å². The second kappa shape index (κ2) is 7.26. The lowest BCUT2D eigenvalue weighted by molar-refractivity contribution is -0.118.